The van der Waals surface area contributed by atoms with Crippen molar-refractivity contribution in [1.29, 1.82) is 0 Å². The van der Waals surface area contributed by atoms with Gasteiger partial charge in [0, 0.05) is 24.5 Å². The number of likely N-dealkylation sites (tertiary alicyclic amines) is 1. The first-order valence-electron chi connectivity index (χ1n) is 11.1. The van der Waals surface area contributed by atoms with Gasteiger partial charge in [-0.25, -0.2) is 0 Å². The number of unbranched alkanes of at least 4 members (excludes halogenated alkanes) is 1. The summed E-state index contributed by atoms with van der Waals surface area (Å²) in [7, 11) is 0. The van der Waals surface area contributed by atoms with Gasteiger partial charge in [0.25, 0.3) is 11.7 Å². The van der Waals surface area contributed by atoms with Gasteiger partial charge in [-0.1, -0.05) is 61.9 Å². The van der Waals surface area contributed by atoms with Crippen molar-refractivity contribution >= 4 is 17.4 Å². The molecule has 1 saturated heterocycles. The molecule has 4 rings (SSSR count). The number of carbonyl (C=O) groups is 2. The molecule has 6 heteroatoms. The first kappa shape index (κ1) is 22.3. The van der Waals surface area contributed by atoms with Gasteiger partial charge in [-0.3, -0.25) is 14.6 Å². The third kappa shape index (κ3) is 4.80. The van der Waals surface area contributed by atoms with Crippen LogP contribution in [-0.2, 0) is 16.1 Å². The molecule has 1 aliphatic rings. The Balaban J connectivity index is 1.80. The summed E-state index contributed by atoms with van der Waals surface area (Å²) in [6.07, 6.45) is 5.26. The molecule has 0 saturated carbocycles. The van der Waals surface area contributed by atoms with Crippen LogP contribution in [0.5, 0.6) is 5.75 Å². The topological polar surface area (TPSA) is 79.7 Å². The van der Waals surface area contributed by atoms with Gasteiger partial charge in [-0.2, -0.15) is 0 Å². The molecule has 1 fully saturated rings. The second kappa shape index (κ2) is 10.1. The zero-order valence-corrected chi connectivity index (χ0v) is 18.5. The van der Waals surface area contributed by atoms with Crippen LogP contribution < -0.4 is 4.74 Å². The molecule has 1 N–H and O–H groups in total. The predicted molar refractivity (Wildman–Crippen MR) is 125 cm³/mol. The summed E-state index contributed by atoms with van der Waals surface area (Å²) in [5.74, 6) is -0.890. The third-order valence-corrected chi connectivity index (χ3v) is 5.60. The van der Waals surface area contributed by atoms with Crippen molar-refractivity contribution < 1.29 is 19.4 Å². The van der Waals surface area contributed by atoms with Crippen molar-refractivity contribution in [2.45, 2.75) is 32.4 Å². The van der Waals surface area contributed by atoms with Crippen molar-refractivity contribution in [3.63, 3.8) is 0 Å². The van der Waals surface area contributed by atoms with Crippen LogP contribution in [0.25, 0.3) is 5.76 Å². The van der Waals surface area contributed by atoms with Crippen LogP contribution in [0.1, 0.15) is 42.5 Å². The van der Waals surface area contributed by atoms with Crippen molar-refractivity contribution in [2.75, 3.05) is 6.61 Å². The monoisotopic (exact) mass is 442 g/mol. The normalized spacial score (nSPS) is 17.4. The van der Waals surface area contributed by atoms with Crippen LogP contribution in [0, 0.1) is 0 Å². The summed E-state index contributed by atoms with van der Waals surface area (Å²) in [6.45, 7) is 2.87. The highest BCUT2D eigenvalue weighted by Gasteiger charge is 2.46. The Morgan fingerprint density at radius 2 is 1.88 bits per heavy atom. The summed E-state index contributed by atoms with van der Waals surface area (Å²) in [6, 6.07) is 19.1. The van der Waals surface area contributed by atoms with E-state index in [4.69, 9.17) is 4.74 Å². The number of aliphatic hydroxyl groups excluding tert-OH is 1. The molecule has 1 aliphatic heterocycles. The Labute approximate surface area is 193 Å². The van der Waals surface area contributed by atoms with E-state index in [2.05, 4.69) is 11.9 Å². The lowest BCUT2D eigenvalue weighted by molar-refractivity contribution is -0.140. The van der Waals surface area contributed by atoms with E-state index in [0.29, 0.717) is 23.5 Å². The zero-order valence-electron chi connectivity index (χ0n) is 18.5. The van der Waals surface area contributed by atoms with Crippen molar-refractivity contribution in [1.82, 2.24) is 9.88 Å². The number of hydrogen-bond acceptors (Lipinski definition) is 5. The van der Waals surface area contributed by atoms with Crippen LogP contribution in [-0.4, -0.2) is 33.3 Å². The minimum absolute atomic E-state index is 0.0702. The number of aromatic nitrogens is 1. The van der Waals surface area contributed by atoms with E-state index in [1.54, 1.807) is 42.7 Å². The van der Waals surface area contributed by atoms with Crippen molar-refractivity contribution in [3.05, 3.63) is 101 Å². The van der Waals surface area contributed by atoms with E-state index >= 15 is 0 Å². The number of Topliss-reactive ketones (excluding diaryl/α,β-unsaturated/α-hetero) is 1. The second-order valence-corrected chi connectivity index (χ2v) is 7.93. The molecule has 6 nitrogen and oxygen atoms in total. The molecule has 2 heterocycles. The van der Waals surface area contributed by atoms with Gasteiger partial charge in [0.05, 0.1) is 18.2 Å². The Morgan fingerprint density at radius 1 is 1.06 bits per heavy atom. The minimum atomic E-state index is -0.750. The highest BCUT2D eigenvalue weighted by atomic mass is 16.5. The number of rotatable bonds is 8. The van der Waals surface area contributed by atoms with Crippen molar-refractivity contribution in [3.8, 4) is 5.75 Å². The van der Waals surface area contributed by atoms with Gasteiger partial charge in [-0.15, -0.1) is 0 Å². The molecule has 2 aromatic carbocycles. The molecule has 1 atom stereocenters. The van der Waals surface area contributed by atoms with E-state index in [9.17, 15) is 14.7 Å². The fourth-order valence-corrected chi connectivity index (χ4v) is 3.94. The number of ketones is 1. The van der Waals surface area contributed by atoms with E-state index in [-0.39, 0.29) is 17.9 Å². The summed E-state index contributed by atoms with van der Waals surface area (Å²) < 4.78 is 5.86. The van der Waals surface area contributed by atoms with Gasteiger partial charge in [0.2, 0.25) is 0 Å². The predicted octanol–water partition coefficient (Wildman–Crippen LogP) is 4.88. The Morgan fingerprint density at radius 3 is 2.61 bits per heavy atom. The fraction of sp³-hybridized carbons (Fsp3) is 0.222. The summed E-state index contributed by atoms with van der Waals surface area (Å²) in [4.78, 5) is 31.9. The molecule has 0 bridgehead atoms. The number of amides is 1. The molecule has 1 unspecified atom stereocenters. The first-order valence-corrected chi connectivity index (χ1v) is 11.1. The van der Waals surface area contributed by atoms with E-state index in [1.165, 1.54) is 4.90 Å². The van der Waals surface area contributed by atoms with E-state index in [1.807, 2.05) is 36.4 Å². The standard InChI is InChI=1S/C27H26N2O4/c1-2-3-15-33-22-13-7-12-21(16-22)24-23(25(30)20-10-5-4-6-11-20)26(31)27(32)29(24)18-19-9-8-14-28-17-19/h4-14,16-17,24,30H,2-3,15,18H2,1H3. The van der Waals surface area contributed by atoms with E-state index < -0.39 is 17.7 Å². The molecule has 1 amide bonds. The second-order valence-electron chi connectivity index (χ2n) is 7.93. The smallest absolute Gasteiger partial charge is 0.295 e. The molecular formula is C27H26N2O4. The summed E-state index contributed by atoms with van der Waals surface area (Å²) in [5.41, 5.74) is 2.04. The van der Waals surface area contributed by atoms with Gasteiger partial charge in [0.15, 0.2) is 0 Å². The van der Waals surface area contributed by atoms with Crippen LogP contribution in [0.3, 0.4) is 0 Å². The Hall–Kier alpha value is -3.93. The minimum Gasteiger partial charge on any atom is -0.507 e. The largest absolute Gasteiger partial charge is 0.507 e. The maximum absolute atomic E-state index is 13.1. The molecule has 1 aromatic heterocycles. The quantitative estimate of drug-likeness (QED) is 0.233. The highest BCUT2D eigenvalue weighted by Crippen LogP contribution is 2.41. The fourth-order valence-electron chi connectivity index (χ4n) is 3.94. The number of nitrogens with zero attached hydrogens (tertiary/aromatic N) is 2. The Bertz CT molecular complexity index is 1160. The molecule has 0 spiro atoms. The number of benzene rings is 2. The summed E-state index contributed by atoms with van der Waals surface area (Å²) >= 11 is 0. The number of ether oxygens (including phenoxy) is 1. The number of carbonyl (C=O) groups excluding carboxylic acids is 2. The molecule has 0 aliphatic carbocycles. The number of hydrogen-bond donors (Lipinski definition) is 1. The SMILES string of the molecule is CCCCOc1cccc(C2C(=C(O)c3ccccc3)C(=O)C(=O)N2Cc2cccnc2)c1. The van der Waals surface area contributed by atoms with Crippen LogP contribution in [0.15, 0.2) is 84.7 Å². The van der Waals surface area contributed by atoms with E-state index in [0.717, 1.165) is 18.4 Å². The molecule has 33 heavy (non-hydrogen) atoms. The lowest BCUT2D eigenvalue weighted by Gasteiger charge is -2.25. The third-order valence-electron chi connectivity index (χ3n) is 5.60. The lowest BCUT2D eigenvalue weighted by Crippen LogP contribution is -2.29. The zero-order chi connectivity index (χ0) is 23.2. The molecule has 0 radical (unpaired) electrons. The maximum atomic E-state index is 13.1. The van der Waals surface area contributed by atoms with Crippen LogP contribution in [0.2, 0.25) is 0 Å². The average Bonchev–Trinajstić information content (AvgIpc) is 3.10. The van der Waals surface area contributed by atoms with Gasteiger partial charge in [0.1, 0.15) is 11.5 Å². The number of pyridine rings is 1. The molecular weight excluding hydrogens is 416 g/mol. The highest BCUT2D eigenvalue weighted by molar-refractivity contribution is 6.46. The molecule has 3 aromatic rings. The summed E-state index contributed by atoms with van der Waals surface area (Å²) in [5, 5.41) is 11.1. The van der Waals surface area contributed by atoms with Crippen molar-refractivity contribution in [2.24, 2.45) is 0 Å². The Kier molecular flexibility index (Phi) is 6.83. The van der Waals surface area contributed by atoms with Gasteiger partial charge < -0.3 is 14.7 Å². The van der Waals surface area contributed by atoms with Gasteiger partial charge in [-0.05, 0) is 35.7 Å². The van der Waals surface area contributed by atoms with Crippen LogP contribution >= 0.6 is 0 Å². The average molecular weight is 443 g/mol. The number of aliphatic hydroxyl groups is 1. The first-order chi connectivity index (χ1) is 16.1. The maximum Gasteiger partial charge on any atom is 0.295 e. The molecule has 168 valence electrons. The lowest BCUT2D eigenvalue weighted by atomic mass is 9.95. The van der Waals surface area contributed by atoms with Crippen LogP contribution in [0.4, 0.5) is 0 Å². The van der Waals surface area contributed by atoms with Gasteiger partial charge >= 0.3 is 0 Å².